The van der Waals surface area contributed by atoms with Crippen molar-refractivity contribution in [1.82, 2.24) is 0 Å². The quantitative estimate of drug-likeness (QED) is 0.212. The average molecular weight is 629 g/mol. The molecule has 0 N–H and O–H groups in total. The van der Waals surface area contributed by atoms with E-state index in [0.29, 0.717) is 11.1 Å². The van der Waals surface area contributed by atoms with Crippen LogP contribution >= 0.6 is 0 Å². The molecule has 2 aliphatic rings. The lowest BCUT2D eigenvalue weighted by molar-refractivity contribution is -0.274. The van der Waals surface area contributed by atoms with Crippen LogP contribution in [0.25, 0.3) is 52.9 Å². The molecule has 5 rings (SSSR count). The zero-order valence-corrected chi connectivity index (χ0v) is 24.2. The van der Waals surface area contributed by atoms with E-state index in [1.54, 1.807) is 31.2 Å². The van der Waals surface area contributed by atoms with Crippen molar-refractivity contribution in [2.24, 2.45) is 0 Å². The van der Waals surface area contributed by atoms with Gasteiger partial charge in [-0.05, 0) is 81.3 Å². The lowest BCUT2D eigenvalue weighted by atomic mass is 9.87. The summed E-state index contributed by atoms with van der Waals surface area (Å²) in [6, 6.07) is 18.3. The van der Waals surface area contributed by atoms with Gasteiger partial charge in [-0.3, -0.25) is 0 Å². The molecule has 0 saturated heterocycles. The summed E-state index contributed by atoms with van der Waals surface area (Å²) in [5.41, 5.74) is -0.107. The summed E-state index contributed by atoms with van der Waals surface area (Å²) in [6.45, 7) is 33.0. The van der Waals surface area contributed by atoms with Crippen LogP contribution in [0.4, 0.5) is 18.9 Å². The number of nitriles is 4. The van der Waals surface area contributed by atoms with Crippen LogP contribution in [0.2, 0.25) is 0 Å². The van der Waals surface area contributed by atoms with Gasteiger partial charge in [0.05, 0.1) is 55.6 Å². The number of fused-ring (bicyclic) bond motifs is 2. The monoisotopic (exact) mass is 628 g/mol. The summed E-state index contributed by atoms with van der Waals surface area (Å²) >= 11 is 0. The van der Waals surface area contributed by atoms with Gasteiger partial charge in [-0.1, -0.05) is 29.8 Å². The topological polar surface area (TPSA) is 122 Å². The number of nitrogens with zero attached hydrogens (tertiary/aromatic N) is 8. The second-order valence-corrected chi connectivity index (χ2v) is 10.0. The number of hydrogen-bond acceptors (Lipinski definition) is 5. The fourth-order valence-corrected chi connectivity index (χ4v) is 5.71. The third-order valence-electron chi connectivity index (χ3n) is 7.50. The van der Waals surface area contributed by atoms with E-state index >= 15 is 0 Å². The molecule has 0 saturated carbocycles. The van der Waals surface area contributed by atoms with Gasteiger partial charge in [-0.15, -0.1) is 13.2 Å². The molecule has 222 valence electrons. The zero-order chi connectivity index (χ0) is 34.9. The Hall–Kier alpha value is -7.87. The minimum atomic E-state index is -5.06. The first-order valence-electron chi connectivity index (χ1n) is 13.3. The molecule has 48 heavy (non-hydrogen) atoms. The molecule has 0 heterocycles. The molecular formula is C36H11F3N8O. The standard InChI is InChI=1S/C36H11F3N8O/c1-18-6-8-21-24(10-18)27(15-41)31(32(21)29(16-42)45-3)26-11-19(14-40)23(13-28(26)44-2)34-33(30(17-43)46-4)22-9-7-20(48-36(37,38)39)12-25(22)35(34)47-5/h6-13H,1H3/b32-29+,33-30-. The van der Waals surface area contributed by atoms with Crippen LogP contribution in [0, 0.1) is 78.5 Å². The molecule has 0 aliphatic heterocycles. The summed E-state index contributed by atoms with van der Waals surface area (Å²) in [5.74, 6) is -0.665. The Morgan fingerprint density at radius 1 is 0.688 bits per heavy atom. The third-order valence-corrected chi connectivity index (χ3v) is 7.50. The molecular weight excluding hydrogens is 617 g/mol. The van der Waals surface area contributed by atoms with E-state index in [2.05, 4.69) is 30.2 Å². The number of alkyl halides is 3. The summed E-state index contributed by atoms with van der Waals surface area (Å²) in [5, 5.41) is 40.4. The maximum absolute atomic E-state index is 13.0. The molecule has 12 heteroatoms. The number of benzene rings is 3. The Labute approximate surface area is 271 Å². The zero-order valence-electron chi connectivity index (χ0n) is 24.2. The van der Waals surface area contributed by atoms with Gasteiger partial charge in [0.1, 0.15) is 11.8 Å². The van der Waals surface area contributed by atoms with Crippen LogP contribution in [0.1, 0.15) is 44.5 Å². The highest BCUT2D eigenvalue weighted by molar-refractivity contribution is 6.28. The Kier molecular flexibility index (Phi) is 7.83. The van der Waals surface area contributed by atoms with Crippen molar-refractivity contribution in [3.05, 3.63) is 150 Å². The molecule has 0 fully saturated rings. The first kappa shape index (κ1) is 31.6. The Morgan fingerprint density at radius 3 is 1.85 bits per heavy atom. The van der Waals surface area contributed by atoms with Crippen molar-refractivity contribution in [2.75, 3.05) is 0 Å². The molecule has 0 atom stereocenters. The summed E-state index contributed by atoms with van der Waals surface area (Å²) in [6.07, 6.45) is -5.06. The third kappa shape index (κ3) is 4.94. The molecule has 2 aliphatic carbocycles. The normalized spacial score (nSPS) is 14.8. The van der Waals surface area contributed by atoms with E-state index < -0.39 is 17.8 Å². The van der Waals surface area contributed by atoms with Crippen molar-refractivity contribution in [3.63, 3.8) is 0 Å². The van der Waals surface area contributed by atoms with E-state index in [-0.39, 0.29) is 72.8 Å². The average Bonchev–Trinajstić information content (AvgIpc) is 3.56. The van der Waals surface area contributed by atoms with Gasteiger partial charge in [0.2, 0.25) is 5.70 Å². The summed E-state index contributed by atoms with van der Waals surface area (Å²) < 4.78 is 43.2. The minimum Gasteiger partial charge on any atom is -0.406 e. The number of hydrogen-bond donors (Lipinski definition) is 0. The first-order valence-corrected chi connectivity index (χ1v) is 13.3. The predicted molar refractivity (Wildman–Crippen MR) is 166 cm³/mol. The lowest BCUT2D eigenvalue weighted by Gasteiger charge is -2.16. The highest BCUT2D eigenvalue weighted by Gasteiger charge is 2.37. The molecule has 0 spiro atoms. The minimum absolute atomic E-state index is 0.0275. The Morgan fingerprint density at radius 2 is 1.31 bits per heavy atom. The van der Waals surface area contributed by atoms with Crippen molar-refractivity contribution in [2.45, 2.75) is 13.3 Å². The number of aryl methyl sites for hydroxylation is 1. The van der Waals surface area contributed by atoms with Gasteiger partial charge in [-0.2, -0.15) is 10.5 Å². The number of allylic oxidation sites excluding steroid dienone is 7. The van der Waals surface area contributed by atoms with E-state index in [9.17, 15) is 34.2 Å². The van der Waals surface area contributed by atoms with Crippen molar-refractivity contribution in [1.29, 1.82) is 21.0 Å². The van der Waals surface area contributed by atoms with Gasteiger partial charge >= 0.3 is 6.36 Å². The van der Waals surface area contributed by atoms with Crippen molar-refractivity contribution < 1.29 is 17.9 Å². The van der Waals surface area contributed by atoms with E-state index in [1.807, 2.05) is 12.1 Å². The van der Waals surface area contributed by atoms with Crippen LogP contribution < -0.4 is 4.74 Å². The SMILES string of the molecule is [C-]#[N+]C1=C(c2cc([N+]#[C-])c(C3=C(C#N)c4cc(C)ccc4/C3=C(/C#N)[N+]#[C-])cc2C#N)/C(=C(/C#N)[N+]#[C-])c2ccc(OC(F)(F)F)cc21. The van der Waals surface area contributed by atoms with Crippen LogP contribution in [0.3, 0.4) is 0 Å². The highest BCUT2D eigenvalue weighted by atomic mass is 19.4. The second kappa shape index (κ2) is 11.9. The van der Waals surface area contributed by atoms with Crippen LogP contribution in [0.15, 0.2) is 59.9 Å². The summed E-state index contributed by atoms with van der Waals surface area (Å²) in [4.78, 5) is 13.7. The smallest absolute Gasteiger partial charge is 0.406 e. The molecule has 0 aromatic heterocycles. The van der Waals surface area contributed by atoms with Gasteiger partial charge in [-0.25, -0.2) is 29.9 Å². The number of rotatable bonds is 3. The van der Waals surface area contributed by atoms with Crippen molar-refractivity contribution in [3.8, 4) is 30.0 Å². The summed E-state index contributed by atoms with van der Waals surface area (Å²) in [7, 11) is 0. The van der Waals surface area contributed by atoms with Gasteiger partial charge in [0, 0.05) is 5.57 Å². The lowest BCUT2D eigenvalue weighted by Crippen LogP contribution is -2.17. The molecule has 0 radical (unpaired) electrons. The van der Waals surface area contributed by atoms with Gasteiger partial charge in [0.25, 0.3) is 11.4 Å². The highest BCUT2D eigenvalue weighted by Crippen LogP contribution is 2.54. The Balaban J connectivity index is 1.89. The maximum atomic E-state index is 13.0. The number of halogens is 3. The fraction of sp³-hybridized carbons (Fsp3) is 0.0556. The predicted octanol–water partition coefficient (Wildman–Crippen LogP) is 8.87. The number of ether oxygens (including phenoxy) is 1. The molecule has 3 aromatic rings. The molecule has 0 amide bonds. The molecule has 3 aromatic carbocycles. The first-order chi connectivity index (χ1) is 23.0. The maximum Gasteiger partial charge on any atom is 0.573 e. The Bertz CT molecular complexity index is 2480. The van der Waals surface area contributed by atoms with Crippen LogP contribution in [-0.2, 0) is 0 Å². The largest absolute Gasteiger partial charge is 0.573 e. The van der Waals surface area contributed by atoms with Crippen LogP contribution in [0.5, 0.6) is 5.75 Å². The van der Waals surface area contributed by atoms with Gasteiger partial charge < -0.3 is 4.74 Å². The molecule has 0 bridgehead atoms. The second-order valence-electron chi connectivity index (χ2n) is 10.0. The van der Waals surface area contributed by atoms with E-state index in [0.717, 1.165) is 23.8 Å². The van der Waals surface area contributed by atoms with Gasteiger partial charge in [0.15, 0.2) is 5.69 Å². The van der Waals surface area contributed by atoms with E-state index in [4.69, 9.17) is 26.3 Å². The molecule has 0 unspecified atom stereocenters. The fourth-order valence-electron chi connectivity index (χ4n) is 5.71. The van der Waals surface area contributed by atoms with Crippen molar-refractivity contribution >= 4 is 39.2 Å². The van der Waals surface area contributed by atoms with E-state index in [1.165, 1.54) is 12.1 Å². The van der Waals surface area contributed by atoms with Crippen LogP contribution in [-0.4, -0.2) is 6.36 Å². The molecule has 9 nitrogen and oxygen atoms in total.